The Balaban J connectivity index is 1.77. The highest BCUT2D eigenvalue weighted by molar-refractivity contribution is 5.43. The number of nitriles is 1. The number of hydrogen-bond acceptors (Lipinski definition) is 5. The molecule has 2 aromatic rings. The first kappa shape index (κ1) is 13.2. The lowest BCUT2D eigenvalue weighted by molar-refractivity contribution is 0.291. The maximum atomic E-state index is 11.9. The molecule has 1 aromatic heterocycles. The summed E-state index contributed by atoms with van der Waals surface area (Å²) in [5.41, 5.74) is 1.12. The van der Waals surface area contributed by atoms with Gasteiger partial charge in [0.25, 0.3) is 0 Å². The minimum absolute atomic E-state index is 0.210. The van der Waals surface area contributed by atoms with Gasteiger partial charge < -0.3 is 10.1 Å². The van der Waals surface area contributed by atoms with Crippen molar-refractivity contribution in [3.8, 4) is 11.9 Å². The van der Waals surface area contributed by atoms with Gasteiger partial charge in [-0.3, -0.25) is 4.57 Å². The lowest BCUT2D eigenvalue weighted by Crippen LogP contribution is -2.22. The van der Waals surface area contributed by atoms with Gasteiger partial charge in [-0.25, -0.2) is 4.79 Å². The molecule has 6 heteroatoms. The fourth-order valence-corrected chi connectivity index (χ4v) is 2.31. The fourth-order valence-electron chi connectivity index (χ4n) is 2.31. The second-order valence-electron chi connectivity index (χ2n) is 5.02. The van der Waals surface area contributed by atoms with E-state index in [1.54, 1.807) is 28.8 Å². The number of hydrogen-bond donors (Lipinski definition) is 1. The fraction of sp³-hybridized carbons (Fsp3) is 0.267. The molecule has 3 rings (SSSR count). The van der Waals surface area contributed by atoms with E-state index in [9.17, 15) is 4.79 Å². The van der Waals surface area contributed by atoms with Crippen molar-refractivity contribution in [3.63, 3.8) is 0 Å². The van der Waals surface area contributed by atoms with Crippen molar-refractivity contribution in [3.05, 3.63) is 51.9 Å². The van der Waals surface area contributed by atoms with Crippen LogP contribution in [-0.4, -0.2) is 15.6 Å². The van der Waals surface area contributed by atoms with Gasteiger partial charge in [0.1, 0.15) is 12.4 Å². The Hall–Kier alpha value is -2.81. The zero-order valence-electron chi connectivity index (χ0n) is 11.5. The number of anilines is 1. The normalized spacial score (nSPS) is 15.9. The highest BCUT2D eigenvalue weighted by atomic mass is 16.5. The van der Waals surface area contributed by atoms with Crippen LogP contribution in [0.15, 0.2) is 35.1 Å². The molecule has 0 amide bonds. The van der Waals surface area contributed by atoms with Gasteiger partial charge in [0, 0.05) is 18.7 Å². The third kappa shape index (κ3) is 2.72. The summed E-state index contributed by atoms with van der Waals surface area (Å²) in [4.78, 5) is 15.8. The van der Waals surface area contributed by atoms with E-state index in [2.05, 4.69) is 16.4 Å². The molecule has 0 spiro atoms. The Morgan fingerprint density at radius 1 is 1.52 bits per heavy atom. The van der Waals surface area contributed by atoms with Crippen molar-refractivity contribution in [2.45, 2.75) is 26.1 Å². The number of nitrogens with one attached hydrogen (secondary N) is 1. The van der Waals surface area contributed by atoms with Crippen LogP contribution in [0.4, 0.5) is 5.82 Å². The third-order valence-electron chi connectivity index (χ3n) is 3.28. The minimum Gasteiger partial charge on any atom is -0.473 e. The molecule has 21 heavy (non-hydrogen) atoms. The second kappa shape index (κ2) is 5.29. The Labute approximate surface area is 121 Å². The lowest BCUT2D eigenvalue weighted by Gasteiger charge is -2.07. The number of benzene rings is 1. The molecule has 6 nitrogen and oxygen atoms in total. The molecule has 0 radical (unpaired) electrons. The van der Waals surface area contributed by atoms with E-state index in [-0.39, 0.29) is 24.2 Å². The zero-order chi connectivity index (χ0) is 14.8. The summed E-state index contributed by atoms with van der Waals surface area (Å²) < 4.78 is 7.15. The average Bonchev–Trinajstić information content (AvgIpc) is 2.86. The summed E-state index contributed by atoms with van der Waals surface area (Å²) in [5.74, 6) is 1.01. The molecule has 1 aromatic carbocycles. The topological polar surface area (TPSA) is 79.9 Å². The Morgan fingerprint density at radius 3 is 3.19 bits per heavy atom. The van der Waals surface area contributed by atoms with Crippen LogP contribution < -0.4 is 15.7 Å². The van der Waals surface area contributed by atoms with E-state index in [4.69, 9.17) is 10.00 Å². The average molecular weight is 282 g/mol. The van der Waals surface area contributed by atoms with Crippen LogP contribution in [0.5, 0.6) is 5.88 Å². The van der Waals surface area contributed by atoms with E-state index in [0.29, 0.717) is 12.1 Å². The quantitative estimate of drug-likeness (QED) is 0.923. The van der Waals surface area contributed by atoms with Crippen LogP contribution in [0.3, 0.4) is 0 Å². The SMILES string of the molecule is CC1Cn2c(cc(OCc3cccc(C#N)c3)nc2=O)N1. The monoisotopic (exact) mass is 282 g/mol. The summed E-state index contributed by atoms with van der Waals surface area (Å²) in [5, 5.41) is 12.1. The highest BCUT2D eigenvalue weighted by Crippen LogP contribution is 2.19. The van der Waals surface area contributed by atoms with Gasteiger partial charge in [0.05, 0.1) is 11.6 Å². The minimum atomic E-state index is -0.315. The van der Waals surface area contributed by atoms with E-state index in [1.807, 2.05) is 13.0 Å². The molecule has 1 atom stereocenters. The Morgan fingerprint density at radius 2 is 2.38 bits per heavy atom. The first-order valence-electron chi connectivity index (χ1n) is 6.66. The molecule has 1 N–H and O–H groups in total. The standard InChI is InChI=1S/C15H14N4O2/c1-10-8-19-13(17-10)6-14(18-15(19)20)21-9-12-4-2-3-11(5-12)7-16/h2-6,10,17H,8-9H2,1H3. The number of aromatic nitrogens is 2. The van der Waals surface area contributed by atoms with Crippen molar-refractivity contribution in [2.24, 2.45) is 0 Å². The van der Waals surface area contributed by atoms with Gasteiger partial charge in [-0.15, -0.1) is 0 Å². The van der Waals surface area contributed by atoms with Gasteiger partial charge in [0.2, 0.25) is 5.88 Å². The first-order chi connectivity index (χ1) is 10.2. The van der Waals surface area contributed by atoms with Crippen molar-refractivity contribution < 1.29 is 4.74 Å². The van der Waals surface area contributed by atoms with Gasteiger partial charge in [-0.1, -0.05) is 12.1 Å². The van der Waals surface area contributed by atoms with Crippen LogP contribution in [0, 0.1) is 11.3 Å². The predicted octanol–water partition coefficient (Wildman–Crippen LogP) is 1.51. The van der Waals surface area contributed by atoms with Gasteiger partial charge in [-0.2, -0.15) is 10.2 Å². The van der Waals surface area contributed by atoms with E-state index >= 15 is 0 Å². The van der Waals surface area contributed by atoms with Crippen molar-refractivity contribution >= 4 is 5.82 Å². The summed E-state index contributed by atoms with van der Waals surface area (Å²) in [6, 6.07) is 11.2. The van der Waals surface area contributed by atoms with Crippen LogP contribution in [0.2, 0.25) is 0 Å². The summed E-state index contributed by atoms with van der Waals surface area (Å²) >= 11 is 0. The molecule has 0 saturated carbocycles. The van der Waals surface area contributed by atoms with Crippen LogP contribution in [0.25, 0.3) is 0 Å². The van der Waals surface area contributed by atoms with Crippen LogP contribution in [-0.2, 0) is 13.2 Å². The van der Waals surface area contributed by atoms with Crippen molar-refractivity contribution in [1.29, 1.82) is 5.26 Å². The Bertz CT molecular complexity index is 776. The zero-order valence-corrected chi connectivity index (χ0v) is 11.5. The summed E-state index contributed by atoms with van der Waals surface area (Å²) in [7, 11) is 0. The molecule has 0 aliphatic carbocycles. The van der Waals surface area contributed by atoms with Gasteiger partial charge in [0.15, 0.2) is 0 Å². The second-order valence-corrected chi connectivity index (χ2v) is 5.02. The summed E-state index contributed by atoms with van der Waals surface area (Å²) in [6.07, 6.45) is 0. The number of fused-ring (bicyclic) bond motifs is 1. The van der Waals surface area contributed by atoms with E-state index < -0.39 is 0 Å². The molecular formula is C15H14N4O2. The molecule has 106 valence electrons. The van der Waals surface area contributed by atoms with E-state index in [0.717, 1.165) is 11.4 Å². The van der Waals surface area contributed by atoms with Gasteiger partial charge >= 0.3 is 5.69 Å². The molecule has 0 saturated heterocycles. The predicted molar refractivity (Wildman–Crippen MR) is 77.1 cm³/mol. The van der Waals surface area contributed by atoms with E-state index in [1.165, 1.54) is 0 Å². The highest BCUT2D eigenvalue weighted by Gasteiger charge is 2.19. The maximum Gasteiger partial charge on any atom is 0.352 e. The molecule has 1 aliphatic heterocycles. The molecule has 1 unspecified atom stereocenters. The van der Waals surface area contributed by atoms with Crippen molar-refractivity contribution in [2.75, 3.05) is 5.32 Å². The van der Waals surface area contributed by atoms with Gasteiger partial charge in [-0.05, 0) is 24.6 Å². The van der Waals surface area contributed by atoms with Crippen LogP contribution in [0.1, 0.15) is 18.1 Å². The number of ether oxygens (including phenoxy) is 1. The molecule has 0 fully saturated rings. The smallest absolute Gasteiger partial charge is 0.352 e. The molecule has 1 aliphatic rings. The Kier molecular flexibility index (Phi) is 3.32. The van der Waals surface area contributed by atoms with Crippen LogP contribution >= 0.6 is 0 Å². The number of nitrogens with zero attached hydrogens (tertiary/aromatic N) is 3. The maximum absolute atomic E-state index is 11.9. The van der Waals surface area contributed by atoms with Crippen molar-refractivity contribution in [1.82, 2.24) is 9.55 Å². The first-order valence-corrected chi connectivity index (χ1v) is 6.66. The summed E-state index contributed by atoms with van der Waals surface area (Å²) in [6.45, 7) is 2.88. The third-order valence-corrected chi connectivity index (χ3v) is 3.28. The molecule has 2 heterocycles. The molecule has 0 bridgehead atoms. The lowest BCUT2D eigenvalue weighted by atomic mass is 10.1. The number of rotatable bonds is 3. The molecular weight excluding hydrogens is 268 g/mol. The largest absolute Gasteiger partial charge is 0.473 e.